The van der Waals surface area contributed by atoms with Crippen molar-refractivity contribution in [3.05, 3.63) is 95.1 Å². The summed E-state index contributed by atoms with van der Waals surface area (Å²) in [5.74, 6) is -1.00. The lowest BCUT2D eigenvalue weighted by Gasteiger charge is -2.41. The lowest BCUT2D eigenvalue weighted by molar-refractivity contribution is -0.142. The largest absolute Gasteiger partial charge is 0.417 e. The van der Waals surface area contributed by atoms with E-state index in [1.807, 2.05) is 24.3 Å². The van der Waals surface area contributed by atoms with Crippen molar-refractivity contribution < 1.29 is 22.8 Å². The minimum atomic E-state index is -4.72. The number of rotatable bonds is 4. The van der Waals surface area contributed by atoms with Crippen LogP contribution in [0.5, 0.6) is 0 Å². The molecule has 0 bridgehead atoms. The quantitative estimate of drug-likeness (QED) is 0.501. The number of carbonyl (C=O) groups excluding carboxylic acids is 2. The molecule has 1 unspecified atom stereocenters. The lowest BCUT2D eigenvalue weighted by atomic mass is 9.83. The molecule has 0 radical (unpaired) electrons. The summed E-state index contributed by atoms with van der Waals surface area (Å²) in [4.78, 5) is 28.5. The van der Waals surface area contributed by atoms with E-state index < -0.39 is 29.4 Å². The Morgan fingerprint density at radius 1 is 0.886 bits per heavy atom. The van der Waals surface area contributed by atoms with Crippen LogP contribution in [0.3, 0.4) is 0 Å². The van der Waals surface area contributed by atoms with Crippen LogP contribution in [0, 0.1) is 5.92 Å². The third-order valence-corrected chi connectivity index (χ3v) is 6.97. The van der Waals surface area contributed by atoms with Gasteiger partial charge in [0.1, 0.15) is 6.17 Å². The van der Waals surface area contributed by atoms with Crippen molar-refractivity contribution in [3.63, 3.8) is 0 Å². The third-order valence-electron chi connectivity index (χ3n) is 6.97. The zero-order chi connectivity index (χ0) is 24.6. The van der Waals surface area contributed by atoms with Crippen LogP contribution in [-0.4, -0.2) is 23.3 Å². The van der Waals surface area contributed by atoms with Gasteiger partial charge in [-0.1, -0.05) is 73.2 Å². The van der Waals surface area contributed by atoms with Crippen LogP contribution in [0.1, 0.15) is 52.5 Å². The Labute approximate surface area is 201 Å². The molecule has 180 valence electrons. The molecule has 0 aromatic heterocycles. The van der Waals surface area contributed by atoms with E-state index in [1.165, 1.54) is 12.1 Å². The fraction of sp³-hybridized carbons (Fsp3) is 0.286. The molecule has 1 heterocycles. The number of alkyl halides is 3. The highest BCUT2D eigenvalue weighted by atomic mass is 19.4. The minimum Gasteiger partial charge on any atom is -0.328 e. The molecular weight excluding hydrogens is 453 g/mol. The zero-order valence-corrected chi connectivity index (χ0v) is 19.0. The number of amides is 2. The molecule has 1 N–H and O–H groups in total. The van der Waals surface area contributed by atoms with Crippen molar-refractivity contribution in [2.24, 2.45) is 5.92 Å². The highest BCUT2D eigenvalue weighted by molar-refractivity contribution is 6.03. The Kier molecular flexibility index (Phi) is 6.09. The molecule has 5 rings (SSSR count). The van der Waals surface area contributed by atoms with Crippen LogP contribution in [0.25, 0.3) is 11.1 Å². The molecule has 0 saturated heterocycles. The van der Waals surface area contributed by atoms with E-state index in [1.54, 1.807) is 35.2 Å². The van der Waals surface area contributed by atoms with Gasteiger partial charge in [0.2, 0.25) is 5.91 Å². The Morgan fingerprint density at radius 3 is 2.29 bits per heavy atom. The average Bonchev–Trinajstić information content (AvgIpc) is 2.82. The highest BCUT2D eigenvalue weighted by Crippen LogP contribution is 2.38. The monoisotopic (exact) mass is 478 g/mol. The topological polar surface area (TPSA) is 49.4 Å². The predicted molar refractivity (Wildman–Crippen MR) is 126 cm³/mol. The first-order chi connectivity index (χ1) is 16.8. The second-order valence-electron chi connectivity index (χ2n) is 9.08. The summed E-state index contributed by atoms with van der Waals surface area (Å²) in [6.07, 6.45) is -2.33. The highest BCUT2D eigenvalue weighted by Gasteiger charge is 2.40. The molecule has 3 aromatic carbocycles. The van der Waals surface area contributed by atoms with E-state index in [-0.39, 0.29) is 17.4 Å². The summed E-state index contributed by atoms with van der Waals surface area (Å²) in [5, 5.41) is 2.81. The van der Waals surface area contributed by atoms with Crippen molar-refractivity contribution in [2.75, 3.05) is 6.54 Å². The summed E-state index contributed by atoms with van der Waals surface area (Å²) in [5.41, 5.74) is 0.977. The van der Waals surface area contributed by atoms with E-state index in [0.29, 0.717) is 18.5 Å². The van der Waals surface area contributed by atoms with Crippen LogP contribution in [-0.2, 0) is 17.4 Å². The van der Waals surface area contributed by atoms with E-state index in [9.17, 15) is 22.8 Å². The fourth-order valence-corrected chi connectivity index (χ4v) is 4.94. The number of benzene rings is 3. The first-order valence-corrected chi connectivity index (χ1v) is 11.8. The summed E-state index contributed by atoms with van der Waals surface area (Å²) in [6.45, 7) is 0.407. The second kappa shape index (κ2) is 9.21. The van der Waals surface area contributed by atoms with Crippen LogP contribution < -0.4 is 5.32 Å². The number of halogens is 3. The van der Waals surface area contributed by atoms with Gasteiger partial charge in [-0.25, -0.2) is 0 Å². The van der Waals surface area contributed by atoms with Gasteiger partial charge in [-0.3, -0.25) is 9.59 Å². The number of carbonyl (C=O) groups is 2. The van der Waals surface area contributed by atoms with Crippen LogP contribution >= 0.6 is 0 Å². The molecule has 2 amide bonds. The van der Waals surface area contributed by atoms with Gasteiger partial charge >= 0.3 is 6.18 Å². The second-order valence-corrected chi connectivity index (χ2v) is 9.08. The van der Waals surface area contributed by atoms with Crippen molar-refractivity contribution >= 4 is 11.8 Å². The van der Waals surface area contributed by atoms with Gasteiger partial charge in [0.05, 0.1) is 11.1 Å². The third kappa shape index (κ3) is 4.43. The predicted octanol–water partition coefficient (Wildman–Crippen LogP) is 5.99. The number of hydrogen-bond donors (Lipinski definition) is 1. The van der Waals surface area contributed by atoms with Crippen LogP contribution in [0.2, 0.25) is 0 Å². The van der Waals surface area contributed by atoms with Crippen LogP contribution in [0.4, 0.5) is 13.2 Å². The molecule has 1 aliphatic carbocycles. The van der Waals surface area contributed by atoms with Crippen LogP contribution in [0.15, 0.2) is 72.8 Å². The van der Waals surface area contributed by atoms with E-state index >= 15 is 0 Å². The molecule has 1 aliphatic heterocycles. The van der Waals surface area contributed by atoms with Crippen molar-refractivity contribution in [1.82, 2.24) is 10.2 Å². The number of nitrogens with one attached hydrogen (secondary N) is 1. The van der Waals surface area contributed by atoms with E-state index in [4.69, 9.17) is 0 Å². The van der Waals surface area contributed by atoms with E-state index in [0.717, 1.165) is 36.5 Å². The van der Waals surface area contributed by atoms with E-state index in [2.05, 4.69) is 5.32 Å². The SMILES string of the molecule is O=C(NC1c2ccccc2CCN1C(=O)C1CCC1)c1c(-c2ccccc2)cccc1C(F)(F)F. The van der Waals surface area contributed by atoms with Gasteiger partial charge in [-0.2, -0.15) is 13.2 Å². The van der Waals surface area contributed by atoms with Crippen molar-refractivity contribution in [3.8, 4) is 11.1 Å². The number of fused-ring (bicyclic) bond motifs is 1. The molecular formula is C28H25F3N2O2. The van der Waals surface area contributed by atoms with Gasteiger partial charge < -0.3 is 10.2 Å². The van der Waals surface area contributed by atoms with Gasteiger partial charge in [0, 0.05) is 12.5 Å². The van der Waals surface area contributed by atoms with Gasteiger partial charge in [0.25, 0.3) is 5.91 Å². The summed E-state index contributed by atoms with van der Waals surface area (Å²) >= 11 is 0. The summed E-state index contributed by atoms with van der Waals surface area (Å²) in [6, 6.07) is 19.8. The molecule has 4 nitrogen and oxygen atoms in total. The van der Waals surface area contributed by atoms with Crippen molar-refractivity contribution in [1.29, 1.82) is 0 Å². The molecule has 7 heteroatoms. The Morgan fingerprint density at radius 2 is 1.60 bits per heavy atom. The smallest absolute Gasteiger partial charge is 0.328 e. The maximum absolute atomic E-state index is 14.0. The Balaban J connectivity index is 1.58. The minimum absolute atomic E-state index is 0.0524. The average molecular weight is 479 g/mol. The summed E-state index contributed by atoms with van der Waals surface area (Å²) < 4.78 is 42.1. The Hall–Kier alpha value is -3.61. The normalized spacial score (nSPS) is 17.9. The summed E-state index contributed by atoms with van der Waals surface area (Å²) in [7, 11) is 0. The molecule has 3 aromatic rings. The number of nitrogens with zero attached hydrogens (tertiary/aromatic N) is 1. The standard InChI is InChI=1S/C28H25F3N2O2/c29-28(30,31)23-15-7-14-21(18-8-2-1-3-9-18)24(23)26(34)32-25-22-13-5-4-10-19(22)16-17-33(25)27(35)20-11-6-12-20/h1-5,7-10,13-15,20,25H,6,11-12,16-17H2,(H,32,34). The molecule has 0 spiro atoms. The maximum Gasteiger partial charge on any atom is 0.417 e. The van der Waals surface area contributed by atoms with Crippen molar-refractivity contribution in [2.45, 2.75) is 38.0 Å². The maximum atomic E-state index is 14.0. The molecule has 1 saturated carbocycles. The molecule has 2 aliphatic rings. The van der Waals surface area contributed by atoms with Gasteiger partial charge in [0.15, 0.2) is 0 Å². The van der Waals surface area contributed by atoms with Gasteiger partial charge in [-0.05, 0) is 47.6 Å². The zero-order valence-electron chi connectivity index (χ0n) is 19.0. The Bertz CT molecular complexity index is 1250. The number of hydrogen-bond acceptors (Lipinski definition) is 2. The molecule has 1 fully saturated rings. The fourth-order valence-electron chi connectivity index (χ4n) is 4.94. The molecule has 1 atom stereocenters. The first kappa shape index (κ1) is 23.1. The first-order valence-electron chi connectivity index (χ1n) is 11.8. The molecule has 35 heavy (non-hydrogen) atoms. The van der Waals surface area contributed by atoms with Gasteiger partial charge in [-0.15, -0.1) is 0 Å². The lowest BCUT2D eigenvalue weighted by Crippen LogP contribution is -2.51.